The van der Waals surface area contributed by atoms with Crippen LogP contribution in [0, 0.1) is 13.8 Å². The highest BCUT2D eigenvalue weighted by molar-refractivity contribution is 14.1. The van der Waals surface area contributed by atoms with Gasteiger partial charge in [-0.05, 0) is 121 Å². The molecule has 2 aromatic heterocycles. The Bertz CT molecular complexity index is 2330. The summed E-state index contributed by atoms with van der Waals surface area (Å²) >= 11 is 2.25. The van der Waals surface area contributed by atoms with Crippen LogP contribution < -0.4 is 38.3 Å². The van der Waals surface area contributed by atoms with Crippen LogP contribution in [0.1, 0.15) is 78.4 Å². The molecule has 0 aliphatic heterocycles. The highest BCUT2D eigenvalue weighted by atomic mass is 127. The first-order chi connectivity index (χ1) is 26.7. The first-order valence-corrected chi connectivity index (χ1v) is 21.3. The number of anilines is 2. The van der Waals surface area contributed by atoms with Gasteiger partial charge < -0.3 is 43.3 Å². The Morgan fingerprint density at radius 3 is 1.57 bits per heavy atom. The summed E-state index contributed by atoms with van der Waals surface area (Å²) in [5, 5.41) is 4.81. The van der Waals surface area contributed by atoms with Crippen LogP contribution >= 0.6 is 22.6 Å². The van der Waals surface area contributed by atoms with Gasteiger partial charge in [-0.25, -0.2) is 4.98 Å². The molecule has 2 heterocycles. The Hall–Kier alpha value is -3.78. The molecule has 6 aromatic rings. The molecule has 312 valence electrons. The van der Waals surface area contributed by atoms with Gasteiger partial charge in [0, 0.05) is 90.5 Å². The Morgan fingerprint density at radius 1 is 0.603 bits per heavy atom. The second kappa shape index (κ2) is 21.5. The third-order valence-corrected chi connectivity index (χ3v) is 9.76. The third-order valence-electron chi connectivity index (χ3n) is 8.99. The van der Waals surface area contributed by atoms with Gasteiger partial charge in [0.1, 0.15) is 17.7 Å². The fraction of sp³-hybridized carbons (Fsp3) is 0.417. The van der Waals surface area contributed by atoms with E-state index in [1.807, 2.05) is 55.6 Å². The molecule has 6 rings (SSSR count). The minimum Gasteiger partial charge on any atom is -1.00 e. The van der Waals surface area contributed by atoms with Crippen molar-refractivity contribution in [1.82, 2.24) is 4.98 Å². The molecular weight excluding hydrogens is 950 g/mol. The smallest absolute Gasteiger partial charge is 0.306 e. The number of hydrogen-bond donors (Lipinski definition) is 0. The Labute approximate surface area is 376 Å². The molecule has 10 heteroatoms. The van der Waals surface area contributed by atoms with E-state index >= 15 is 0 Å². The zero-order valence-electron chi connectivity index (χ0n) is 36.5. The van der Waals surface area contributed by atoms with Crippen molar-refractivity contribution >= 4 is 89.5 Å². The number of rotatable bonds is 9. The van der Waals surface area contributed by atoms with Crippen LogP contribution in [-0.4, -0.2) is 60.7 Å². The minimum absolute atomic E-state index is 0. The van der Waals surface area contributed by atoms with E-state index in [-0.39, 0.29) is 41.5 Å². The molecule has 0 aliphatic carbocycles. The standard InChI is InChI=1S/C24H31N2O2.C16H16N2.C8H15IO2.HI/c1-17-9-10-18-15-19-11-12-20(25(5)6)16-22(19)26(21(18)14-17)13-7-8-23(27)28-24(2,3)4;1-11-4-5-12-9-13-6-7-14(18(2)3)10-16(13)17-15(12)8-11;1-8(2,3)11-7(10)5-4-6-9;/h9-12,14-16H,7-8,13H2,1-6H3;4-10H,1-3H3;4-6H2,1-3H3;1H/q+1;;;/p-1. The van der Waals surface area contributed by atoms with Crippen LogP contribution in [0.4, 0.5) is 11.4 Å². The van der Waals surface area contributed by atoms with E-state index in [0.29, 0.717) is 12.8 Å². The fourth-order valence-electron chi connectivity index (χ4n) is 6.29. The van der Waals surface area contributed by atoms with Crippen LogP contribution in [0.15, 0.2) is 84.9 Å². The molecule has 0 radical (unpaired) electrons. The average molecular weight is 1010 g/mol. The van der Waals surface area contributed by atoms with Crippen molar-refractivity contribution in [3.8, 4) is 0 Å². The van der Waals surface area contributed by atoms with E-state index in [1.54, 1.807) is 0 Å². The van der Waals surface area contributed by atoms with E-state index in [2.05, 4.69) is 150 Å². The third kappa shape index (κ3) is 14.8. The maximum atomic E-state index is 12.1. The first-order valence-electron chi connectivity index (χ1n) is 19.8. The largest absolute Gasteiger partial charge is 1.00 e. The fourth-order valence-corrected chi connectivity index (χ4v) is 6.67. The topological polar surface area (TPSA) is 75.8 Å². The minimum atomic E-state index is -0.436. The zero-order valence-corrected chi connectivity index (χ0v) is 40.8. The van der Waals surface area contributed by atoms with Crippen molar-refractivity contribution in [3.05, 3.63) is 96.1 Å². The lowest BCUT2D eigenvalue weighted by molar-refractivity contribution is -0.645. The van der Waals surface area contributed by atoms with Crippen molar-refractivity contribution in [2.45, 2.75) is 98.8 Å². The second-order valence-corrected chi connectivity index (χ2v) is 18.1. The maximum absolute atomic E-state index is 12.1. The van der Waals surface area contributed by atoms with Gasteiger partial charge in [-0.3, -0.25) is 9.59 Å². The molecule has 58 heavy (non-hydrogen) atoms. The molecule has 0 fully saturated rings. The van der Waals surface area contributed by atoms with Crippen LogP contribution in [0.5, 0.6) is 0 Å². The quantitative estimate of drug-likeness (QED) is 0.0477. The van der Waals surface area contributed by atoms with Gasteiger partial charge in [0.2, 0.25) is 11.0 Å². The summed E-state index contributed by atoms with van der Waals surface area (Å²) in [6, 6.07) is 30.3. The van der Waals surface area contributed by atoms with Crippen LogP contribution in [0.25, 0.3) is 43.6 Å². The monoisotopic (exact) mass is 1010 g/mol. The molecule has 0 bridgehead atoms. The van der Waals surface area contributed by atoms with E-state index in [9.17, 15) is 9.59 Å². The van der Waals surface area contributed by atoms with Crippen LogP contribution in [-0.2, 0) is 25.6 Å². The van der Waals surface area contributed by atoms with E-state index in [0.717, 1.165) is 34.8 Å². The summed E-state index contributed by atoms with van der Waals surface area (Å²) in [7, 11) is 8.21. The number of halogens is 2. The lowest BCUT2D eigenvalue weighted by Crippen LogP contribution is -3.00. The number of hydrogen-bond acceptors (Lipinski definition) is 7. The van der Waals surface area contributed by atoms with Crippen molar-refractivity contribution in [1.29, 1.82) is 0 Å². The van der Waals surface area contributed by atoms with Gasteiger partial charge >= 0.3 is 11.9 Å². The summed E-state index contributed by atoms with van der Waals surface area (Å²) < 4.78 is 13.9. The summed E-state index contributed by atoms with van der Waals surface area (Å²) in [6.07, 6.45) is 2.62. The molecule has 0 atom stereocenters. The molecule has 8 nitrogen and oxygen atoms in total. The highest BCUT2D eigenvalue weighted by Crippen LogP contribution is 2.25. The summed E-state index contributed by atoms with van der Waals surface area (Å²) in [5.74, 6) is -0.225. The molecule has 4 aromatic carbocycles. The molecule has 0 N–H and O–H groups in total. The van der Waals surface area contributed by atoms with Gasteiger partial charge in [0.25, 0.3) is 0 Å². The SMILES string of the molecule is CC(C)(C)OC(=O)CCCI.Cc1ccc2cc3ccc(N(C)C)cc3[n+](CCCC(=O)OC(C)(C)C)c2c1.Cc1ccc2cc3ccc(N(C)C)cc3nc2c1.[I-]. The molecular formula is C48H62I2N4O4. The number of carbonyl (C=O) groups is 2. The number of nitrogens with zero attached hydrogens (tertiary/aromatic N) is 4. The van der Waals surface area contributed by atoms with Crippen LogP contribution in [0.2, 0.25) is 0 Å². The number of ether oxygens (including phenoxy) is 2. The summed E-state index contributed by atoms with van der Waals surface area (Å²) in [4.78, 5) is 32.1. The van der Waals surface area contributed by atoms with Gasteiger partial charge in [0.05, 0.1) is 17.5 Å². The van der Waals surface area contributed by atoms with Gasteiger partial charge in [-0.1, -0.05) is 46.9 Å². The van der Waals surface area contributed by atoms with Gasteiger partial charge in [-0.15, -0.1) is 0 Å². The molecule has 0 spiro atoms. The van der Waals surface area contributed by atoms with Crippen LogP contribution in [0.3, 0.4) is 0 Å². The number of alkyl halides is 1. The number of fused-ring (bicyclic) bond motifs is 4. The van der Waals surface area contributed by atoms with Gasteiger partial charge in [0.15, 0.2) is 0 Å². The van der Waals surface area contributed by atoms with Crippen molar-refractivity contribution in [2.75, 3.05) is 42.4 Å². The number of benzene rings is 4. The van der Waals surface area contributed by atoms with E-state index in [1.165, 1.54) is 55.1 Å². The molecule has 0 amide bonds. The zero-order chi connectivity index (χ0) is 42.1. The molecule has 0 saturated heterocycles. The highest BCUT2D eigenvalue weighted by Gasteiger charge is 2.20. The van der Waals surface area contributed by atoms with Crippen molar-refractivity contribution < 1.29 is 47.6 Å². The second-order valence-electron chi connectivity index (χ2n) is 17.0. The number of pyridine rings is 2. The number of aromatic nitrogens is 2. The first kappa shape index (κ1) is 48.6. The Morgan fingerprint density at radius 2 is 1.03 bits per heavy atom. The normalized spacial score (nSPS) is 11.3. The molecule has 0 saturated carbocycles. The number of esters is 2. The Kier molecular flexibility index (Phi) is 18.0. The van der Waals surface area contributed by atoms with Crippen molar-refractivity contribution in [3.63, 3.8) is 0 Å². The lowest BCUT2D eigenvalue weighted by Gasteiger charge is -2.19. The summed E-state index contributed by atoms with van der Waals surface area (Å²) in [6.45, 7) is 16.4. The average Bonchev–Trinajstić information content (AvgIpc) is 3.11. The Balaban J connectivity index is 0.000000257. The van der Waals surface area contributed by atoms with Gasteiger partial charge in [-0.2, -0.15) is 4.57 Å². The van der Waals surface area contributed by atoms with E-state index < -0.39 is 5.60 Å². The lowest BCUT2D eigenvalue weighted by atomic mass is 10.1. The molecule has 0 unspecified atom stereocenters. The number of aryl methyl sites for hydroxylation is 3. The van der Waals surface area contributed by atoms with Crippen molar-refractivity contribution in [2.24, 2.45) is 0 Å². The molecule has 0 aliphatic rings. The number of carbonyl (C=O) groups excluding carboxylic acids is 2. The maximum Gasteiger partial charge on any atom is 0.306 e. The van der Waals surface area contributed by atoms with E-state index in [4.69, 9.17) is 14.5 Å². The summed E-state index contributed by atoms with van der Waals surface area (Å²) in [5.41, 5.74) is 8.58. The predicted octanol–water partition coefficient (Wildman–Crippen LogP) is 8.09. The predicted molar refractivity (Wildman–Crippen MR) is 248 cm³/mol.